The van der Waals surface area contributed by atoms with Crippen molar-refractivity contribution in [3.8, 4) is 5.75 Å². The summed E-state index contributed by atoms with van der Waals surface area (Å²) in [5.74, 6) is 3.49. The molecule has 4 bridgehead atoms. The quantitative estimate of drug-likeness (QED) is 0.881. The van der Waals surface area contributed by atoms with Gasteiger partial charge in [-0.05, 0) is 73.5 Å². The van der Waals surface area contributed by atoms with E-state index in [1.165, 1.54) is 24.8 Å². The van der Waals surface area contributed by atoms with E-state index in [0.29, 0.717) is 11.8 Å². The van der Waals surface area contributed by atoms with Gasteiger partial charge in [0.05, 0.1) is 19.1 Å². The molecule has 0 radical (unpaired) electrons. The second kappa shape index (κ2) is 6.01. The minimum Gasteiger partial charge on any atom is -0.497 e. The maximum Gasteiger partial charge on any atom is 0.232 e. The van der Waals surface area contributed by atoms with Crippen LogP contribution in [-0.4, -0.2) is 30.5 Å². The van der Waals surface area contributed by atoms with Crippen LogP contribution < -0.4 is 10.1 Å². The fourth-order valence-electron chi connectivity index (χ4n) is 6.45. The number of benzene rings is 1. The normalized spacial score (nSPS) is 37.5. The van der Waals surface area contributed by atoms with E-state index in [-0.39, 0.29) is 16.7 Å². The maximum absolute atomic E-state index is 13.3. The molecule has 2 atom stereocenters. The standard InChI is InChI=1S/C21H26N2O2S/c1-25-17-4-2-16(3-5-17)20-9-14-8-15(10-20)12-21(11-14,13-20)18(24)23-19-22-6-7-26-19/h2-5,14-15H,6-13H2,1H3,(H,22,23,24). The predicted octanol–water partition coefficient (Wildman–Crippen LogP) is 3.75. The lowest BCUT2D eigenvalue weighted by atomic mass is 9.42. The largest absolute Gasteiger partial charge is 0.497 e. The van der Waals surface area contributed by atoms with Crippen LogP contribution in [0.4, 0.5) is 0 Å². The van der Waals surface area contributed by atoms with E-state index in [9.17, 15) is 4.79 Å². The summed E-state index contributed by atoms with van der Waals surface area (Å²) in [7, 11) is 1.71. The molecule has 1 aliphatic heterocycles. The van der Waals surface area contributed by atoms with Gasteiger partial charge in [-0.3, -0.25) is 9.79 Å². The summed E-state index contributed by atoms with van der Waals surface area (Å²) in [6, 6.07) is 8.61. The van der Waals surface area contributed by atoms with Crippen LogP contribution in [0.5, 0.6) is 5.75 Å². The van der Waals surface area contributed by atoms with Crippen LogP contribution in [0, 0.1) is 17.3 Å². The van der Waals surface area contributed by atoms with Crippen LogP contribution in [0.15, 0.2) is 29.3 Å². The zero-order valence-corrected chi connectivity index (χ0v) is 16.1. The molecule has 5 aliphatic rings. The molecule has 4 nitrogen and oxygen atoms in total. The summed E-state index contributed by atoms with van der Waals surface area (Å²) in [6.07, 6.45) is 6.89. The summed E-state index contributed by atoms with van der Waals surface area (Å²) >= 11 is 1.68. The van der Waals surface area contributed by atoms with Crippen LogP contribution in [0.25, 0.3) is 0 Å². The number of nitrogens with one attached hydrogen (secondary N) is 1. The molecule has 0 aromatic heterocycles. The van der Waals surface area contributed by atoms with Crippen molar-refractivity contribution in [1.82, 2.24) is 5.32 Å². The van der Waals surface area contributed by atoms with Gasteiger partial charge >= 0.3 is 0 Å². The number of hydrogen-bond acceptors (Lipinski definition) is 4. The van der Waals surface area contributed by atoms with Gasteiger partial charge in [0.2, 0.25) is 5.91 Å². The molecule has 1 amide bonds. The lowest BCUT2D eigenvalue weighted by molar-refractivity contribution is -0.147. The average Bonchev–Trinajstić information content (AvgIpc) is 3.14. The monoisotopic (exact) mass is 370 g/mol. The number of amidine groups is 1. The molecule has 6 rings (SSSR count). The van der Waals surface area contributed by atoms with Crippen LogP contribution in [0.2, 0.25) is 0 Å². The van der Waals surface area contributed by atoms with Crippen molar-refractivity contribution in [2.75, 3.05) is 19.4 Å². The highest BCUT2D eigenvalue weighted by molar-refractivity contribution is 8.14. The van der Waals surface area contributed by atoms with Crippen molar-refractivity contribution in [3.05, 3.63) is 29.8 Å². The maximum atomic E-state index is 13.3. The molecule has 4 saturated carbocycles. The molecule has 4 aliphatic carbocycles. The van der Waals surface area contributed by atoms with Crippen molar-refractivity contribution in [3.63, 3.8) is 0 Å². The molecular formula is C21H26N2O2S. The number of amides is 1. The molecule has 1 N–H and O–H groups in total. The van der Waals surface area contributed by atoms with Gasteiger partial charge in [0.25, 0.3) is 0 Å². The summed E-state index contributed by atoms with van der Waals surface area (Å²) in [4.78, 5) is 17.7. The summed E-state index contributed by atoms with van der Waals surface area (Å²) in [5, 5.41) is 4.01. The number of aliphatic imine (C=N–C) groups is 1. The van der Waals surface area contributed by atoms with Gasteiger partial charge in [-0.2, -0.15) is 0 Å². The van der Waals surface area contributed by atoms with Crippen LogP contribution >= 0.6 is 11.8 Å². The molecule has 1 aromatic carbocycles. The first-order valence-electron chi connectivity index (χ1n) is 9.74. The molecule has 1 aromatic rings. The molecule has 2 unspecified atom stereocenters. The molecule has 0 saturated heterocycles. The Hall–Kier alpha value is -1.49. The van der Waals surface area contributed by atoms with E-state index in [0.717, 1.165) is 42.5 Å². The average molecular weight is 371 g/mol. The van der Waals surface area contributed by atoms with Gasteiger partial charge < -0.3 is 10.1 Å². The fraction of sp³-hybridized carbons (Fsp3) is 0.619. The minimum absolute atomic E-state index is 0.165. The molecule has 0 spiro atoms. The van der Waals surface area contributed by atoms with Gasteiger partial charge in [-0.1, -0.05) is 23.9 Å². The first kappa shape index (κ1) is 16.7. The van der Waals surface area contributed by atoms with E-state index in [4.69, 9.17) is 4.74 Å². The highest BCUT2D eigenvalue weighted by Gasteiger charge is 2.61. The Bertz CT molecular complexity index is 744. The predicted molar refractivity (Wildman–Crippen MR) is 105 cm³/mol. The van der Waals surface area contributed by atoms with Crippen LogP contribution in [0.1, 0.15) is 44.1 Å². The van der Waals surface area contributed by atoms with Gasteiger partial charge in [0.1, 0.15) is 5.75 Å². The van der Waals surface area contributed by atoms with Crippen LogP contribution in [0.3, 0.4) is 0 Å². The molecular weight excluding hydrogens is 344 g/mol. The first-order chi connectivity index (χ1) is 12.6. The van der Waals surface area contributed by atoms with Crippen molar-refractivity contribution in [2.24, 2.45) is 22.2 Å². The number of nitrogens with zero attached hydrogens (tertiary/aromatic N) is 1. The fourth-order valence-corrected chi connectivity index (χ4v) is 7.17. The Kier molecular flexibility index (Phi) is 3.85. The third kappa shape index (κ3) is 2.58. The smallest absolute Gasteiger partial charge is 0.232 e. The van der Waals surface area contributed by atoms with E-state index < -0.39 is 0 Å². The van der Waals surface area contributed by atoms with Gasteiger partial charge in [0, 0.05) is 5.75 Å². The van der Waals surface area contributed by atoms with Crippen LogP contribution in [-0.2, 0) is 10.2 Å². The second-order valence-corrected chi connectivity index (χ2v) is 9.82. The Morgan fingerprint density at radius 2 is 1.92 bits per heavy atom. The second-order valence-electron chi connectivity index (χ2n) is 8.74. The number of methoxy groups -OCH3 is 1. The van der Waals surface area contributed by atoms with E-state index in [2.05, 4.69) is 34.6 Å². The van der Waals surface area contributed by atoms with Gasteiger partial charge in [-0.25, -0.2) is 0 Å². The molecule has 1 heterocycles. The zero-order chi connectivity index (χ0) is 17.8. The van der Waals surface area contributed by atoms with E-state index >= 15 is 0 Å². The highest BCUT2D eigenvalue weighted by Crippen LogP contribution is 2.65. The summed E-state index contributed by atoms with van der Waals surface area (Å²) in [5.41, 5.74) is 1.37. The summed E-state index contributed by atoms with van der Waals surface area (Å²) < 4.78 is 5.34. The number of carbonyl (C=O) groups is 1. The Balaban J connectivity index is 1.46. The highest BCUT2D eigenvalue weighted by atomic mass is 32.2. The number of carbonyl (C=O) groups excluding carboxylic acids is 1. The molecule has 5 heteroatoms. The lowest BCUT2D eigenvalue weighted by Crippen LogP contribution is -2.59. The van der Waals surface area contributed by atoms with E-state index in [1.54, 1.807) is 18.9 Å². The lowest BCUT2D eigenvalue weighted by Gasteiger charge is -2.61. The SMILES string of the molecule is COc1ccc(C23CC4CC(CC(C(=O)NC5=NCCS5)(C4)C2)C3)cc1. The third-order valence-electron chi connectivity index (χ3n) is 7.05. The minimum atomic E-state index is -0.199. The first-order valence-corrected chi connectivity index (χ1v) is 10.7. The van der Waals surface area contributed by atoms with Gasteiger partial charge in [-0.15, -0.1) is 0 Å². The Morgan fingerprint density at radius 1 is 1.19 bits per heavy atom. The molecule has 138 valence electrons. The molecule has 26 heavy (non-hydrogen) atoms. The van der Waals surface area contributed by atoms with E-state index in [1.807, 2.05) is 0 Å². The van der Waals surface area contributed by atoms with Crippen molar-refractivity contribution < 1.29 is 9.53 Å². The van der Waals surface area contributed by atoms with Crippen molar-refractivity contribution in [2.45, 2.75) is 43.9 Å². The van der Waals surface area contributed by atoms with Crippen molar-refractivity contribution in [1.29, 1.82) is 0 Å². The number of hydrogen-bond donors (Lipinski definition) is 1. The summed E-state index contributed by atoms with van der Waals surface area (Å²) in [6.45, 7) is 0.828. The third-order valence-corrected chi connectivity index (χ3v) is 7.94. The Morgan fingerprint density at radius 3 is 2.54 bits per heavy atom. The number of rotatable bonds is 3. The number of thioether (sulfide) groups is 1. The van der Waals surface area contributed by atoms with Crippen molar-refractivity contribution >= 4 is 22.8 Å². The Labute approximate surface area is 159 Å². The molecule has 4 fully saturated rings. The topological polar surface area (TPSA) is 50.7 Å². The number of ether oxygens (including phenoxy) is 1. The zero-order valence-electron chi connectivity index (χ0n) is 15.3. The van der Waals surface area contributed by atoms with Gasteiger partial charge in [0.15, 0.2) is 5.17 Å².